The van der Waals surface area contributed by atoms with E-state index in [1.54, 1.807) is 31.2 Å². The van der Waals surface area contributed by atoms with Crippen molar-refractivity contribution >= 4 is 41.8 Å². The van der Waals surface area contributed by atoms with Gasteiger partial charge in [-0.25, -0.2) is 5.43 Å². The minimum Gasteiger partial charge on any atom is -0.862 e. The first kappa shape index (κ1) is 23.3. The highest BCUT2D eigenvalue weighted by molar-refractivity contribution is 6.58. The van der Waals surface area contributed by atoms with Gasteiger partial charge < -0.3 is 26.0 Å². The second-order valence-electron chi connectivity index (χ2n) is 8.19. The molecule has 1 aliphatic heterocycles. The molecular weight excluding hydrogens is 411 g/mol. The number of quaternary nitrogens is 1. The minimum absolute atomic E-state index is 0.0837. The van der Waals surface area contributed by atoms with Crippen molar-refractivity contribution < 1.29 is 30.1 Å². The number of nitrogens with one attached hydrogen (secondary N) is 2. The molecule has 2 aromatic carbocycles. The first-order valence-electron chi connectivity index (χ1n) is 10.3. The van der Waals surface area contributed by atoms with Crippen molar-refractivity contribution in [1.29, 1.82) is 0 Å². The van der Waals surface area contributed by atoms with Crippen LogP contribution in [0, 0.1) is 5.92 Å². The Morgan fingerprint density at radius 2 is 1.94 bits per heavy atom. The van der Waals surface area contributed by atoms with Crippen molar-refractivity contribution in [2.24, 2.45) is 16.6 Å². The first-order chi connectivity index (χ1) is 15.1. The monoisotopic (exact) mass is 438 g/mol. The number of carbonyl (C=O) groups is 1. The predicted molar refractivity (Wildman–Crippen MR) is 121 cm³/mol. The Hall–Kier alpha value is -3.34. The Labute approximate surface area is 185 Å². The van der Waals surface area contributed by atoms with E-state index in [-0.39, 0.29) is 22.2 Å². The van der Waals surface area contributed by atoms with Gasteiger partial charge >= 0.3 is 13.2 Å². The van der Waals surface area contributed by atoms with Crippen LogP contribution in [0.3, 0.4) is 0 Å². The van der Waals surface area contributed by atoms with Crippen LogP contribution in [0.25, 0.3) is 22.6 Å². The molecule has 0 saturated carbocycles. The fourth-order valence-corrected chi connectivity index (χ4v) is 3.53. The van der Waals surface area contributed by atoms with E-state index in [1.165, 1.54) is 6.07 Å². The molecule has 9 nitrogen and oxygen atoms in total. The SMILES string of the molecule is CC1=c2cc(-c3cc(B(O)O)ccc3N=C([O-])CCC(C)C)ccc2=C(N)[NH+](C(=O)O)N1. The molecule has 1 heterocycles. The first-order valence-corrected chi connectivity index (χ1v) is 10.3. The van der Waals surface area contributed by atoms with Gasteiger partial charge in [0.15, 0.2) is 0 Å². The van der Waals surface area contributed by atoms with Crippen molar-refractivity contribution in [2.45, 2.75) is 33.6 Å². The highest BCUT2D eigenvalue weighted by atomic mass is 16.4. The Bertz CT molecular complexity index is 1190. The quantitative estimate of drug-likeness (QED) is 0.175. The number of aliphatic imine (C=N–C) groups is 1. The Balaban J connectivity index is 2.16. The molecule has 0 aliphatic carbocycles. The summed E-state index contributed by atoms with van der Waals surface area (Å²) in [5.74, 6) is 0.247. The van der Waals surface area contributed by atoms with Crippen LogP contribution in [0.2, 0.25) is 0 Å². The van der Waals surface area contributed by atoms with E-state index >= 15 is 0 Å². The number of carboxylic acid groups (broad SMARTS) is 1. The van der Waals surface area contributed by atoms with Gasteiger partial charge in [0.25, 0.3) is 0 Å². The van der Waals surface area contributed by atoms with E-state index in [0.29, 0.717) is 45.3 Å². The van der Waals surface area contributed by atoms with Crippen molar-refractivity contribution in [3.05, 3.63) is 46.8 Å². The molecule has 7 N–H and O–H groups in total. The smallest absolute Gasteiger partial charge is 0.543 e. The number of benzene rings is 2. The van der Waals surface area contributed by atoms with Crippen LogP contribution in [-0.2, 0) is 0 Å². The zero-order chi connectivity index (χ0) is 23.6. The van der Waals surface area contributed by atoms with E-state index in [0.717, 1.165) is 6.42 Å². The lowest BCUT2D eigenvalue weighted by atomic mass is 9.78. The predicted octanol–water partition coefficient (Wildman–Crippen LogP) is -1.91. The molecule has 168 valence electrons. The number of amides is 1. The molecule has 1 amide bonds. The lowest BCUT2D eigenvalue weighted by Gasteiger charge is -2.20. The van der Waals surface area contributed by atoms with Crippen LogP contribution >= 0.6 is 0 Å². The maximum absolute atomic E-state index is 12.4. The molecule has 3 rings (SSSR count). The van der Waals surface area contributed by atoms with Gasteiger partial charge in [-0.3, -0.25) is 4.99 Å². The average molecular weight is 438 g/mol. The van der Waals surface area contributed by atoms with Gasteiger partial charge in [-0.05, 0) is 60.8 Å². The number of rotatable bonds is 6. The number of nitrogens with zero attached hydrogens (tertiary/aromatic N) is 1. The van der Waals surface area contributed by atoms with E-state index in [1.807, 2.05) is 19.9 Å². The maximum atomic E-state index is 12.4. The summed E-state index contributed by atoms with van der Waals surface area (Å²) in [6, 6.07) is 9.93. The summed E-state index contributed by atoms with van der Waals surface area (Å²) in [6.45, 7) is 5.81. The number of fused-ring (bicyclic) bond motifs is 1. The molecule has 1 atom stereocenters. The van der Waals surface area contributed by atoms with Crippen molar-refractivity contribution in [3.8, 4) is 11.1 Å². The zero-order valence-electron chi connectivity index (χ0n) is 18.2. The van der Waals surface area contributed by atoms with E-state index in [4.69, 9.17) is 5.73 Å². The molecule has 1 aliphatic rings. The van der Waals surface area contributed by atoms with Crippen LogP contribution in [-0.4, -0.2) is 34.3 Å². The van der Waals surface area contributed by atoms with Gasteiger partial charge in [-0.2, -0.15) is 4.79 Å². The Kier molecular flexibility index (Phi) is 6.88. The standard InChI is InChI=1S/C22H27BN4O5/c1-12(2)4-9-20(28)25-19-8-6-15(23(31)32)11-18(19)14-5-7-16-17(10-14)13(3)26-27(21(16)24)22(29)30/h5-8,10-12,26,31-32H,4,9,24H2,1-3H3,(H,25,28)(H,29,30). The van der Waals surface area contributed by atoms with Crippen LogP contribution in [0.15, 0.2) is 41.4 Å². The van der Waals surface area contributed by atoms with E-state index in [2.05, 4.69) is 10.4 Å². The number of hydrogen-bond donors (Lipinski definition) is 6. The van der Waals surface area contributed by atoms with Crippen molar-refractivity contribution in [1.82, 2.24) is 5.43 Å². The molecule has 0 saturated heterocycles. The summed E-state index contributed by atoms with van der Waals surface area (Å²) in [6.07, 6.45) is -0.106. The highest BCUT2D eigenvalue weighted by Crippen LogP contribution is 2.29. The van der Waals surface area contributed by atoms with Gasteiger partial charge in [0.05, 0.1) is 16.6 Å². The van der Waals surface area contributed by atoms with Gasteiger partial charge in [-0.15, -0.1) is 0 Å². The van der Waals surface area contributed by atoms with E-state index < -0.39 is 13.2 Å². The fourth-order valence-electron chi connectivity index (χ4n) is 3.53. The lowest BCUT2D eigenvalue weighted by molar-refractivity contribution is -0.790. The van der Waals surface area contributed by atoms with Gasteiger partial charge in [-0.1, -0.05) is 37.1 Å². The molecular formula is C22H27BN4O5. The summed E-state index contributed by atoms with van der Waals surface area (Å²) in [7, 11) is -1.68. The van der Waals surface area contributed by atoms with Gasteiger partial charge in [0, 0.05) is 10.8 Å². The molecule has 0 fully saturated rings. The third-order valence-electron chi connectivity index (χ3n) is 5.32. The van der Waals surface area contributed by atoms with Crippen molar-refractivity contribution in [2.75, 3.05) is 0 Å². The van der Waals surface area contributed by atoms with Crippen LogP contribution in [0.5, 0.6) is 0 Å². The summed E-state index contributed by atoms with van der Waals surface area (Å²) < 4.78 is 0. The largest absolute Gasteiger partial charge is 0.862 e. The summed E-state index contributed by atoms with van der Waals surface area (Å²) >= 11 is 0. The molecule has 0 radical (unpaired) electrons. The summed E-state index contributed by atoms with van der Waals surface area (Å²) in [5, 5.41) is 42.2. The molecule has 0 bridgehead atoms. The topological polar surface area (TPSA) is 156 Å². The molecule has 10 heteroatoms. The van der Waals surface area contributed by atoms with Gasteiger partial charge in [0.1, 0.15) is 0 Å². The molecule has 1 unspecified atom stereocenters. The highest BCUT2D eigenvalue weighted by Gasteiger charge is 2.27. The molecule has 0 spiro atoms. The third-order valence-corrected chi connectivity index (χ3v) is 5.32. The normalized spacial score (nSPS) is 16.1. The van der Waals surface area contributed by atoms with Crippen LogP contribution in [0.4, 0.5) is 10.5 Å². The fraction of sp³-hybridized carbons (Fsp3) is 0.273. The Morgan fingerprint density at radius 3 is 2.56 bits per heavy atom. The zero-order valence-corrected chi connectivity index (χ0v) is 18.2. The summed E-state index contributed by atoms with van der Waals surface area (Å²) in [4.78, 5) is 15.7. The second-order valence-corrected chi connectivity index (χ2v) is 8.19. The third kappa shape index (κ3) is 4.93. The second kappa shape index (κ2) is 9.43. The lowest BCUT2D eigenvalue weighted by Crippen LogP contribution is -3.20. The minimum atomic E-state index is -1.68. The molecule has 32 heavy (non-hydrogen) atoms. The van der Waals surface area contributed by atoms with Crippen molar-refractivity contribution in [3.63, 3.8) is 0 Å². The summed E-state index contributed by atoms with van der Waals surface area (Å²) in [5.41, 5.74) is 11.4. The maximum Gasteiger partial charge on any atom is 0.543 e. The van der Waals surface area contributed by atoms with E-state index in [9.17, 15) is 25.1 Å². The molecule has 0 aromatic heterocycles. The Morgan fingerprint density at radius 1 is 1.22 bits per heavy atom. The average Bonchev–Trinajstić information content (AvgIpc) is 2.74. The number of hydrogen-bond acceptors (Lipinski definition) is 7. The van der Waals surface area contributed by atoms with Crippen LogP contribution in [0.1, 0.15) is 33.6 Å². The number of nitrogens with two attached hydrogens (primary N) is 1. The van der Waals surface area contributed by atoms with Crippen LogP contribution < -0.4 is 37.2 Å². The molecule has 2 aromatic rings. The van der Waals surface area contributed by atoms with Gasteiger partial charge in [0.2, 0.25) is 5.82 Å².